The van der Waals surface area contributed by atoms with Gasteiger partial charge in [0, 0.05) is 38.3 Å². The summed E-state index contributed by atoms with van der Waals surface area (Å²) in [6.07, 6.45) is 5.79. The first-order chi connectivity index (χ1) is 12.8. The van der Waals surface area contributed by atoms with Gasteiger partial charge in [0.15, 0.2) is 17.2 Å². The minimum atomic E-state index is -0.0857. The summed E-state index contributed by atoms with van der Waals surface area (Å²) in [6, 6.07) is 3.63. The number of amides is 1. The first-order valence-electron chi connectivity index (χ1n) is 8.94. The molecule has 2 aliphatic rings. The number of imidazole rings is 1. The average molecular weight is 353 g/mol. The van der Waals surface area contributed by atoms with E-state index in [4.69, 9.17) is 14.1 Å². The van der Waals surface area contributed by atoms with Crippen LogP contribution in [0, 0.1) is 0 Å². The smallest absolute Gasteiger partial charge is 0.274 e. The molecule has 8 heteroatoms. The number of fused-ring (bicyclic) bond motifs is 2. The maximum atomic E-state index is 12.9. The molecule has 0 unspecified atom stereocenters. The quantitative estimate of drug-likeness (QED) is 0.698. The molecule has 3 aromatic rings. The molecule has 0 radical (unpaired) electrons. The minimum Gasteiger partial charge on any atom is -0.445 e. The minimum absolute atomic E-state index is 0.0857. The highest BCUT2D eigenvalue weighted by molar-refractivity contribution is 5.93. The topological polar surface area (TPSA) is 85.8 Å². The van der Waals surface area contributed by atoms with Gasteiger partial charge in [-0.2, -0.15) is 5.10 Å². The Morgan fingerprint density at radius 1 is 1.27 bits per heavy atom. The zero-order chi connectivity index (χ0) is 17.5. The third-order valence-corrected chi connectivity index (χ3v) is 5.10. The Morgan fingerprint density at radius 2 is 2.15 bits per heavy atom. The fourth-order valence-corrected chi connectivity index (χ4v) is 3.65. The predicted octanol–water partition coefficient (Wildman–Crippen LogP) is 1.81. The molecule has 134 valence electrons. The SMILES string of the molecule is O=C(c1cnc2cccnn12)N1CCc2oc(C3CCOCC3)nc2C1. The zero-order valence-corrected chi connectivity index (χ0v) is 14.3. The van der Waals surface area contributed by atoms with Crippen LogP contribution in [0.4, 0.5) is 0 Å². The molecule has 5 rings (SSSR count). The van der Waals surface area contributed by atoms with Crippen LogP contribution in [0.1, 0.15) is 46.6 Å². The number of oxazole rings is 1. The van der Waals surface area contributed by atoms with Crippen LogP contribution in [-0.4, -0.2) is 50.1 Å². The summed E-state index contributed by atoms with van der Waals surface area (Å²) in [5.74, 6) is 1.94. The van der Waals surface area contributed by atoms with Gasteiger partial charge in [0.25, 0.3) is 5.91 Å². The van der Waals surface area contributed by atoms with Gasteiger partial charge >= 0.3 is 0 Å². The van der Waals surface area contributed by atoms with Crippen LogP contribution >= 0.6 is 0 Å². The summed E-state index contributed by atoms with van der Waals surface area (Å²) in [5, 5.41) is 4.23. The van der Waals surface area contributed by atoms with Gasteiger partial charge in [-0.3, -0.25) is 4.79 Å². The largest absolute Gasteiger partial charge is 0.445 e. The zero-order valence-electron chi connectivity index (χ0n) is 14.3. The van der Waals surface area contributed by atoms with Crippen LogP contribution < -0.4 is 0 Å². The Hall–Kier alpha value is -2.74. The lowest BCUT2D eigenvalue weighted by molar-refractivity contribution is 0.0717. The van der Waals surface area contributed by atoms with Crippen molar-refractivity contribution in [2.24, 2.45) is 0 Å². The molecular weight excluding hydrogens is 334 g/mol. The highest BCUT2D eigenvalue weighted by Crippen LogP contribution is 2.30. The van der Waals surface area contributed by atoms with Crippen molar-refractivity contribution >= 4 is 11.6 Å². The molecule has 0 N–H and O–H groups in total. The second-order valence-corrected chi connectivity index (χ2v) is 6.72. The van der Waals surface area contributed by atoms with Crippen LogP contribution in [0.2, 0.25) is 0 Å². The number of aromatic nitrogens is 4. The molecule has 1 fully saturated rings. The maximum absolute atomic E-state index is 12.9. The van der Waals surface area contributed by atoms with Gasteiger partial charge in [-0.1, -0.05) is 0 Å². The number of ether oxygens (including phenoxy) is 1. The van der Waals surface area contributed by atoms with Gasteiger partial charge in [0.2, 0.25) is 0 Å². The van der Waals surface area contributed by atoms with Gasteiger partial charge in [-0.25, -0.2) is 14.5 Å². The maximum Gasteiger partial charge on any atom is 0.274 e. The molecule has 1 saturated heterocycles. The van der Waals surface area contributed by atoms with E-state index in [-0.39, 0.29) is 5.91 Å². The number of rotatable bonds is 2. The van der Waals surface area contributed by atoms with E-state index >= 15 is 0 Å². The normalized spacial score (nSPS) is 18.2. The third-order valence-electron chi connectivity index (χ3n) is 5.10. The van der Waals surface area contributed by atoms with Crippen molar-refractivity contribution < 1.29 is 13.9 Å². The Bertz CT molecular complexity index is 957. The molecule has 1 amide bonds. The average Bonchev–Trinajstić information content (AvgIpc) is 3.32. The molecule has 0 aliphatic carbocycles. The highest BCUT2D eigenvalue weighted by Gasteiger charge is 2.30. The summed E-state index contributed by atoms with van der Waals surface area (Å²) in [7, 11) is 0. The second kappa shape index (κ2) is 6.21. The van der Waals surface area contributed by atoms with Crippen molar-refractivity contribution in [1.82, 2.24) is 24.5 Å². The molecule has 0 saturated carbocycles. The van der Waals surface area contributed by atoms with E-state index in [1.165, 1.54) is 0 Å². The van der Waals surface area contributed by atoms with E-state index in [1.54, 1.807) is 27.9 Å². The standard InChI is InChI=1S/C18H19N5O3/c24-18(14-10-19-16-2-1-6-20-23(14)16)22-7-3-15-13(11-22)21-17(26-15)12-4-8-25-9-5-12/h1-2,6,10,12H,3-5,7-9,11H2. The lowest BCUT2D eigenvalue weighted by Crippen LogP contribution is -2.36. The summed E-state index contributed by atoms with van der Waals surface area (Å²) in [5.41, 5.74) is 2.00. The first-order valence-corrected chi connectivity index (χ1v) is 8.94. The third kappa shape index (κ3) is 2.57. The van der Waals surface area contributed by atoms with Gasteiger partial charge < -0.3 is 14.1 Å². The molecule has 0 atom stereocenters. The van der Waals surface area contributed by atoms with Gasteiger partial charge in [0.05, 0.1) is 12.7 Å². The molecule has 0 aromatic carbocycles. The van der Waals surface area contributed by atoms with Crippen LogP contribution in [0.3, 0.4) is 0 Å². The number of carbonyl (C=O) groups is 1. The van der Waals surface area contributed by atoms with Crippen molar-refractivity contribution in [2.45, 2.75) is 31.7 Å². The summed E-state index contributed by atoms with van der Waals surface area (Å²) >= 11 is 0. The first kappa shape index (κ1) is 15.5. The van der Waals surface area contributed by atoms with Crippen molar-refractivity contribution in [3.8, 4) is 0 Å². The second-order valence-electron chi connectivity index (χ2n) is 6.72. The van der Waals surface area contributed by atoms with E-state index in [2.05, 4.69) is 10.1 Å². The lowest BCUT2D eigenvalue weighted by atomic mass is 10.0. The van der Waals surface area contributed by atoms with E-state index < -0.39 is 0 Å². The van der Waals surface area contributed by atoms with Gasteiger partial charge in [-0.15, -0.1) is 0 Å². The molecule has 5 heterocycles. The van der Waals surface area contributed by atoms with E-state index in [9.17, 15) is 4.79 Å². The van der Waals surface area contributed by atoms with Gasteiger partial charge in [-0.05, 0) is 25.0 Å². The predicted molar refractivity (Wildman–Crippen MR) is 90.7 cm³/mol. The molecular formula is C18H19N5O3. The van der Waals surface area contributed by atoms with Crippen LogP contribution in [0.15, 0.2) is 28.9 Å². The Kier molecular flexibility index (Phi) is 3.70. The van der Waals surface area contributed by atoms with Gasteiger partial charge in [0.1, 0.15) is 11.5 Å². The lowest BCUT2D eigenvalue weighted by Gasteiger charge is -2.24. The fraction of sp³-hybridized carbons (Fsp3) is 0.444. The number of nitrogens with zero attached hydrogens (tertiary/aromatic N) is 5. The van der Waals surface area contributed by atoms with Crippen molar-refractivity contribution in [3.63, 3.8) is 0 Å². The molecule has 3 aromatic heterocycles. The molecule has 0 spiro atoms. The number of hydrogen-bond acceptors (Lipinski definition) is 6. The highest BCUT2D eigenvalue weighted by atomic mass is 16.5. The van der Waals surface area contributed by atoms with E-state index in [0.717, 1.165) is 43.4 Å². The van der Waals surface area contributed by atoms with Crippen LogP contribution in [-0.2, 0) is 17.7 Å². The summed E-state index contributed by atoms with van der Waals surface area (Å²) < 4.78 is 13.0. The summed E-state index contributed by atoms with van der Waals surface area (Å²) in [6.45, 7) is 2.57. The summed E-state index contributed by atoms with van der Waals surface area (Å²) in [4.78, 5) is 23.7. The van der Waals surface area contributed by atoms with Crippen LogP contribution in [0.25, 0.3) is 5.65 Å². The van der Waals surface area contributed by atoms with E-state index in [0.29, 0.717) is 36.8 Å². The monoisotopic (exact) mass is 353 g/mol. The molecule has 2 aliphatic heterocycles. The number of carbonyl (C=O) groups excluding carboxylic acids is 1. The Morgan fingerprint density at radius 3 is 3.04 bits per heavy atom. The Labute approximate surface area is 149 Å². The van der Waals surface area contributed by atoms with E-state index in [1.807, 2.05) is 6.07 Å². The van der Waals surface area contributed by atoms with Crippen molar-refractivity contribution in [1.29, 1.82) is 0 Å². The fourth-order valence-electron chi connectivity index (χ4n) is 3.65. The van der Waals surface area contributed by atoms with Crippen LogP contribution in [0.5, 0.6) is 0 Å². The van der Waals surface area contributed by atoms with Crippen molar-refractivity contribution in [3.05, 3.63) is 47.6 Å². The molecule has 0 bridgehead atoms. The number of hydrogen-bond donors (Lipinski definition) is 0. The van der Waals surface area contributed by atoms with Crippen molar-refractivity contribution in [2.75, 3.05) is 19.8 Å². The Balaban J connectivity index is 1.38. The molecule has 26 heavy (non-hydrogen) atoms. The molecule has 8 nitrogen and oxygen atoms in total.